The van der Waals surface area contributed by atoms with Crippen molar-refractivity contribution in [2.45, 2.75) is 51.2 Å². The Hall–Kier alpha value is -1.90. The van der Waals surface area contributed by atoms with Crippen molar-refractivity contribution in [1.29, 1.82) is 0 Å². The zero-order chi connectivity index (χ0) is 23.4. The number of hydrogen-bond donors (Lipinski definition) is 0. The van der Waals surface area contributed by atoms with Gasteiger partial charge in [0.1, 0.15) is 0 Å². The summed E-state index contributed by atoms with van der Waals surface area (Å²) in [4.78, 5) is 0. The Morgan fingerprint density at radius 1 is 0.697 bits per heavy atom. The fraction of sp³-hybridized carbons (Fsp3) is 0.333. The van der Waals surface area contributed by atoms with E-state index in [0.717, 1.165) is 24.9 Å². The van der Waals surface area contributed by atoms with Crippen molar-refractivity contribution in [3.05, 3.63) is 97.6 Å². The van der Waals surface area contributed by atoms with Crippen LogP contribution in [0, 0.1) is 7.14 Å². The van der Waals surface area contributed by atoms with E-state index in [4.69, 9.17) is 7.25 Å². The first-order valence-electron chi connectivity index (χ1n) is 11.5. The van der Waals surface area contributed by atoms with Crippen molar-refractivity contribution in [3.63, 3.8) is 0 Å². The van der Waals surface area contributed by atoms with E-state index < -0.39 is 30.4 Å². The van der Waals surface area contributed by atoms with Gasteiger partial charge in [0.15, 0.2) is 0 Å². The molecule has 0 heterocycles. The minimum absolute atomic E-state index is 0.131. The van der Waals surface area contributed by atoms with Gasteiger partial charge in [-0.15, -0.1) is 0 Å². The first-order chi connectivity index (χ1) is 16.1. The molecule has 0 unspecified atom stereocenters. The summed E-state index contributed by atoms with van der Waals surface area (Å²) in [5, 5.41) is 0. The molecule has 33 heavy (non-hydrogen) atoms. The molecule has 6 heteroatoms. The number of ether oxygens (including phenoxy) is 1. The molecule has 0 amide bonds. The molecule has 3 aromatic rings. The Kier molecular flexibility index (Phi) is 10.7. The molecular weight excluding hydrogens is 547 g/mol. The third-order valence-corrected chi connectivity index (χ3v) is 12.5. The first kappa shape index (κ1) is 25.7. The Balaban J connectivity index is 1.65. The first-order valence-corrected chi connectivity index (χ1v) is 16.1. The Labute approximate surface area is 206 Å². The molecule has 3 aromatic carbocycles. The maximum atomic E-state index is 12.9. The SMILES string of the molecule is CCCCCCCCOc1ccc(I(OS(=O)(=O)Cc2ccccc2)c2ccccc2)cc1. The number of benzene rings is 3. The van der Waals surface area contributed by atoms with E-state index in [9.17, 15) is 8.42 Å². The molecule has 0 saturated heterocycles. The Morgan fingerprint density at radius 2 is 1.27 bits per heavy atom. The monoisotopic (exact) mass is 580 g/mol. The molecule has 0 aromatic heterocycles. The standard InChI is InChI=1S/C27H33IO4S/c1-2-3-4-5-6-13-22-31-27-20-18-26(19-21-27)28(25-16-11-8-12-17-25)32-33(29,30)23-24-14-9-7-10-15-24/h7-12,14-21H,2-6,13,22-23H2,1H3. The van der Waals surface area contributed by atoms with E-state index in [1.807, 2.05) is 72.8 Å². The molecule has 0 bridgehead atoms. The molecule has 0 radical (unpaired) electrons. The van der Waals surface area contributed by atoms with Gasteiger partial charge < -0.3 is 0 Å². The van der Waals surface area contributed by atoms with E-state index in [1.165, 1.54) is 32.1 Å². The number of rotatable bonds is 14. The molecule has 0 aliphatic rings. The van der Waals surface area contributed by atoms with Crippen LogP contribution in [0.1, 0.15) is 51.0 Å². The van der Waals surface area contributed by atoms with Gasteiger partial charge in [-0.3, -0.25) is 0 Å². The van der Waals surface area contributed by atoms with Crippen molar-refractivity contribution in [3.8, 4) is 5.75 Å². The van der Waals surface area contributed by atoms with Gasteiger partial charge in [0, 0.05) is 0 Å². The molecule has 0 aliphatic heterocycles. The summed E-state index contributed by atoms with van der Waals surface area (Å²) in [7, 11) is -3.73. The summed E-state index contributed by atoms with van der Waals surface area (Å²) in [5.74, 6) is 0.678. The van der Waals surface area contributed by atoms with Crippen LogP contribution in [0.4, 0.5) is 0 Å². The fourth-order valence-corrected chi connectivity index (χ4v) is 10.4. The molecule has 4 nitrogen and oxygen atoms in total. The second kappa shape index (κ2) is 13.7. The number of halogens is 1. The van der Waals surface area contributed by atoms with Gasteiger partial charge >= 0.3 is 200 Å². The molecule has 178 valence electrons. The molecule has 0 aliphatic carbocycles. The van der Waals surface area contributed by atoms with Crippen LogP contribution in [0.2, 0.25) is 0 Å². The van der Waals surface area contributed by atoms with Crippen LogP contribution in [-0.4, -0.2) is 15.0 Å². The zero-order valence-electron chi connectivity index (χ0n) is 19.2. The van der Waals surface area contributed by atoms with Gasteiger partial charge in [-0.2, -0.15) is 0 Å². The zero-order valence-corrected chi connectivity index (χ0v) is 22.1. The van der Waals surface area contributed by atoms with Crippen molar-refractivity contribution in [1.82, 2.24) is 0 Å². The minimum atomic E-state index is -3.73. The third kappa shape index (κ3) is 9.10. The fourth-order valence-electron chi connectivity index (χ4n) is 3.34. The molecule has 0 N–H and O–H groups in total. The van der Waals surface area contributed by atoms with Gasteiger partial charge in [-0.05, 0) is 0 Å². The average Bonchev–Trinajstić information content (AvgIpc) is 2.83. The van der Waals surface area contributed by atoms with Gasteiger partial charge in [0.05, 0.1) is 0 Å². The predicted molar refractivity (Wildman–Crippen MR) is 143 cm³/mol. The maximum absolute atomic E-state index is 12.9. The Morgan fingerprint density at radius 3 is 1.94 bits per heavy atom. The van der Waals surface area contributed by atoms with E-state index in [0.29, 0.717) is 6.61 Å². The van der Waals surface area contributed by atoms with Crippen molar-refractivity contribution < 1.29 is 15.7 Å². The van der Waals surface area contributed by atoms with Crippen LogP contribution >= 0.6 is 20.2 Å². The molecule has 0 spiro atoms. The Bertz CT molecular complexity index is 1040. The van der Waals surface area contributed by atoms with E-state index in [2.05, 4.69) is 6.92 Å². The van der Waals surface area contributed by atoms with Crippen LogP contribution in [0.3, 0.4) is 0 Å². The summed E-state index contributed by atoms with van der Waals surface area (Å²) in [6, 6.07) is 26.6. The molecule has 0 saturated carbocycles. The van der Waals surface area contributed by atoms with E-state index >= 15 is 0 Å². The molecular formula is C27H33IO4S. The summed E-state index contributed by atoms with van der Waals surface area (Å²) in [6.07, 6.45) is 7.36. The van der Waals surface area contributed by atoms with Crippen molar-refractivity contribution >= 4 is 30.4 Å². The summed E-state index contributed by atoms with van der Waals surface area (Å²) >= 11 is -2.65. The summed E-state index contributed by atoms with van der Waals surface area (Å²) < 4.78 is 39.4. The van der Waals surface area contributed by atoms with Crippen molar-refractivity contribution in [2.24, 2.45) is 0 Å². The second-order valence-corrected chi connectivity index (χ2v) is 14.4. The second-order valence-electron chi connectivity index (χ2n) is 7.87. The van der Waals surface area contributed by atoms with Gasteiger partial charge in [0.2, 0.25) is 0 Å². The van der Waals surface area contributed by atoms with E-state index in [-0.39, 0.29) is 5.75 Å². The van der Waals surface area contributed by atoms with Crippen LogP contribution < -0.4 is 4.74 Å². The number of unbranched alkanes of at least 4 members (excludes halogenated alkanes) is 5. The molecule has 3 rings (SSSR count). The number of hydrogen-bond acceptors (Lipinski definition) is 4. The summed E-state index contributed by atoms with van der Waals surface area (Å²) in [5.41, 5.74) is 0.722. The van der Waals surface area contributed by atoms with Gasteiger partial charge in [-0.1, -0.05) is 6.92 Å². The summed E-state index contributed by atoms with van der Waals surface area (Å²) in [6.45, 7) is 2.93. The van der Waals surface area contributed by atoms with Gasteiger partial charge in [0.25, 0.3) is 0 Å². The molecule has 0 atom stereocenters. The van der Waals surface area contributed by atoms with Crippen LogP contribution in [0.15, 0.2) is 84.9 Å². The topological polar surface area (TPSA) is 52.6 Å². The molecule has 0 fully saturated rings. The quantitative estimate of drug-likeness (QED) is 0.147. The average molecular weight is 581 g/mol. The van der Waals surface area contributed by atoms with Crippen LogP contribution in [0.5, 0.6) is 5.75 Å². The van der Waals surface area contributed by atoms with Gasteiger partial charge in [-0.25, -0.2) is 0 Å². The third-order valence-electron chi connectivity index (χ3n) is 5.06. The van der Waals surface area contributed by atoms with Crippen LogP contribution in [0.25, 0.3) is 0 Å². The normalized spacial score (nSPS) is 11.8. The predicted octanol–water partition coefficient (Wildman–Crippen LogP) is 7.43. The van der Waals surface area contributed by atoms with E-state index in [1.54, 1.807) is 12.1 Å². The van der Waals surface area contributed by atoms with Crippen LogP contribution in [-0.2, 0) is 18.4 Å². The van der Waals surface area contributed by atoms with Crippen molar-refractivity contribution in [2.75, 3.05) is 6.61 Å².